The normalized spacial score (nSPS) is 28.7. The highest BCUT2D eigenvalue weighted by atomic mass is 16.1. The highest BCUT2D eigenvalue weighted by Crippen LogP contribution is 2.35. The second-order valence-electron chi connectivity index (χ2n) is 4.36. The van der Waals surface area contributed by atoms with Crippen molar-refractivity contribution >= 4 is 5.91 Å². The highest BCUT2D eigenvalue weighted by Gasteiger charge is 2.44. The van der Waals surface area contributed by atoms with Gasteiger partial charge in [0.25, 0.3) is 0 Å². The van der Waals surface area contributed by atoms with Crippen molar-refractivity contribution in [3.05, 3.63) is 10.4 Å². The molecule has 90 valence electrons. The number of hydrogen-bond acceptors (Lipinski definition) is 3. The lowest BCUT2D eigenvalue weighted by molar-refractivity contribution is -0.125. The molecule has 16 heavy (non-hydrogen) atoms. The van der Waals surface area contributed by atoms with Gasteiger partial charge in [0.1, 0.15) is 5.54 Å². The number of carbonyl (C=O) groups excluding carboxylic acids is 1. The summed E-state index contributed by atoms with van der Waals surface area (Å²) in [5.74, 6) is 0.0192. The van der Waals surface area contributed by atoms with Crippen LogP contribution in [0.2, 0.25) is 0 Å². The first-order valence-electron chi connectivity index (χ1n) is 5.69. The molecule has 3 N–H and O–H groups in total. The minimum Gasteiger partial charge on any atom is -0.368 e. The van der Waals surface area contributed by atoms with Crippen LogP contribution in [0.25, 0.3) is 10.4 Å². The molecule has 0 aromatic carbocycles. The van der Waals surface area contributed by atoms with Crippen molar-refractivity contribution in [3.8, 4) is 0 Å². The lowest BCUT2D eigenvalue weighted by Gasteiger charge is -2.31. The van der Waals surface area contributed by atoms with Crippen LogP contribution < -0.4 is 11.1 Å². The van der Waals surface area contributed by atoms with Gasteiger partial charge in [0.15, 0.2) is 0 Å². The average Bonchev–Trinajstić information content (AvgIpc) is 2.61. The summed E-state index contributed by atoms with van der Waals surface area (Å²) in [7, 11) is 0. The average molecular weight is 225 g/mol. The quantitative estimate of drug-likeness (QED) is 0.308. The molecule has 1 saturated carbocycles. The van der Waals surface area contributed by atoms with Crippen molar-refractivity contribution in [2.45, 2.75) is 38.1 Å². The molecule has 2 atom stereocenters. The highest BCUT2D eigenvalue weighted by molar-refractivity contribution is 5.85. The molecular weight excluding hydrogens is 206 g/mol. The fourth-order valence-electron chi connectivity index (χ4n) is 2.40. The van der Waals surface area contributed by atoms with Crippen molar-refractivity contribution in [1.82, 2.24) is 5.32 Å². The maximum Gasteiger partial charge on any atom is 0.238 e. The summed E-state index contributed by atoms with van der Waals surface area (Å²) < 4.78 is 0. The Kier molecular flexibility index (Phi) is 4.58. The van der Waals surface area contributed by atoms with Crippen LogP contribution >= 0.6 is 0 Å². The van der Waals surface area contributed by atoms with Gasteiger partial charge in [0.2, 0.25) is 5.91 Å². The van der Waals surface area contributed by atoms with Gasteiger partial charge in [-0.1, -0.05) is 18.5 Å². The summed E-state index contributed by atoms with van der Waals surface area (Å²) in [5, 5.41) is 6.69. The molecule has 0 heterocycles. The third-order valence-electron chi connectivity index (χ3n) is 3.43. The van der Waals surface area contributed by atoms with Crippen LogP contribution in [0, 0.1) is 5.92 Å². The van der Waals surface area contributed by atoms with Crippen LogP contribution in [0.5, 0.6) is 0 Å². The van der Waals surface area contributed by atoms with Crippen molar-refractivity contribution < 1.29 is 4.79 Å². The van der Waals surface area contributed by atoms with E-state index in [9.17, 15) is 4.79 Å². The predicted octanol–water partition coefficient (Wildman–Crippen LogP) is 1.32. The number of azide groups is 1. The van der Waals surface area contributed by atoms with E-state index in [2.05, 4.69) is 22.3 Å². The molecule has 0 saturated heterocycles. The predicted molar refractivity (Wildman–Crippen MR) is 61.6 cm³/mol. The fraction of sp³-hybridized carbons (Fsp3) is 0.900. The molecule has 0 aromatic rings. The van der Waals surface area contributed by atoms with Crippen molar-refractivity contribution in [3.63, 3.8) is 0 Å². The Morgan fingerprint density at radius 1 is 1.75 bits per heavy atom. The van der Waals surface area contributed by atoms with Crippen LogP contribution in [0.1, 0.15) is 32.6 Å². The van der Waals surface area contributed by atoms with Crippen LogP contribution in [-0.4, -0.2) is 24.5 Å². The summed E-state index contributed by atoms with van der Waals surface area (Å²) in [4.78, 5) is 14.2. The van der Waals surface area contributed by atoms with Gasteiger partial charge >= 0.3 is 0 Å². The smallest absolute Gasteiger partial charge is 0.238 e. The van der Waals surface area contributed by atoms with Crippen LogP contribution in [0.3, 0.4) is 0 Å². The van der Waals surface area contributed by atoms with Gasteiger partial charge in [-0.3, -0.25) is 4.79 Å². The summed E-state index contributed by atoms with van der Waals surface area (Å²) in [6.07, 6.45) is 3.61. The molecule has 0 aromatic heterocycles. The van der Waals surface area contributed by atoms with Crippen molar-refractivity contribution in [2.24, 2.45) is 16.8 Å². The van der Waals surface area contributed by atoms with E-state index in [4.69, 9.17) is 11.3 Å². The number of hydrogen-bond donors (Lipinski definition) is 2. The molecule has 0 radical (unpaired) electrons. The maximum absolute atomic E-state index is 11.5. The summed E-state index contributed by atoms with van der Waals surface area (Å²) in [6.45, 7) is 3.16. The Morgan fingerprint density at radius 2 is 2.50 bits per heavy atom. The fourth-order valence-corrected chi connectivity index (χ4v) is 2.40. The molecule has 0 bridgehead atoms. The number of nitrogens with zero attached hydrogens (tertiary/aromatic N) is 3. The molecule has 2 unspecified atom stereocenters. The SMILES string of the molecule is CC1CCCC1(NCCCN=[N+]=[N-])C(N)=O. The van der Waals surface area contributed by atoms with Gasteiger partial charge in [-0.05, 0) is 37.3 Å². The summed E-state index contributed by atoms with van der Waals surface area (Å²) >= 11 is 0. The number of nitrogens with two attached hydrogens (primary N) is 1. The second-order valence-corrected chi connectivity index (χ2v) is 4.36. The standard InChI is InChI=1S/C10H19N5O/c1-8-4-2-5-10(8,9(11)16)13-6-3-7-14-15-12/h8,13H,2-7H2,1H3,(H2,11,16). The van der Waals surface area contributed by atoms with E-state index in [-0.39, 0.29) is 11.8 Å². The molecular formula is C10H19N5O. The Labute approximate surface area is 95.2 Å². The lowest BCUT2D eigenvalue weighted by atomic mass is 9.87. The van der Waals surface area contributed by atoms with E-state index in [0.29, 0.717) is 13.1 Å². The number of rotatable bonds is 6. The zero-order valence-electron chi connectivity index (χ0n) is 9.65. The number of primary amides is 1. The lowest BCUT2D eigenvalue weighted by Crippen LogP contribution is -2.57. The molecule has 6 nitrogen and oxygen atoms in total. The third kappa shape index (κ3) is 2.65. The minimum absolute atomic E-state index is 0.263. The van der Waals surface area contributed by atoms with Crippen LogP contribution in [0.4, 0.5) is 0 Å². The van der Waals surface area contributed by atoms with E-state index in [0.717, 1.165) is 25.7 Å². The molecule has 1 fully saturated rings. The molecule has 1 rings (SSSR count). The van der Waals surface area contributed by atoms with Crippen LogP contribution in [-0.2, 0) is 4.79 Å². The topological polar surface area (TPSA) is 104 Å². The van der Waals surface area contributed by atoms with E-state index in [1.54, 1.807) is 0 Å². The summed E-state index contributed by atoms with van der Waals surface area (Å²) in [5.41, 5.74) is 13.1. The Morgan fingerprint density at radius 3 is 3.00 bits per heavy atom. The van der Waals surface area contributed by atoms with E-state index >= 15 is 0 Å². The Balaban J connectivity index is 2.46. The van der Waals surface area contributed by atoms with Gasteiger partial charge in [0.05, 0.1) is 0 Å². The van der Waals surface area contributed by atoms with Gasteiger partial charge < -0.3 is 11.1 Å². The first kappa shape index (κ1) is 12.8. The van der Waals surface area contributed by atoms with Crippen molar-refractivity contribution in [2.75, 3.05) is 13.1 Å². The number of amides is 1. The van der Waals surface area contributed by atoms with E-state index in [1.807, 2.05) is 0 Å². The van der Waals surface area contributed by atoms with Crippen molar-refractivity contribution in [1.29, 1.82) is 0 Å². The third-order valence-corrected chi connectivity index (χ3v) is 3.43. The monoisotopic (exact) mass is 225 g/mol. The number of nitrogens with one attached hydrogen (secondary N) is 1. The second kappa shape index (κ2) is 5.72. The molecule has 0 spiro atoms. The molecule has 6 heteroatoms. The molecule has 1 aliphatic carbocycles. The van der Waals surface area contributed by atoms with Gasteiger partial charge in [-0.25, -0.2) is 0 Å². The molecule has 0 aliphatic heterocycles. The first-order chi connectivity index (χ1) is 7.63. The zero-order chi connectivity index (χ0) is 12.0. The molecule has 1 amide bonds. The van der Waals surface area contributed by atoms with Gasteiger partial charge in [0, 0.05) is 11.5 Å². The van der Waals surface area contributed by atoms with Crippen LogP contribution in [0.15, 0.2) is 5.11 Å². The number of carbonyl (C=O) groups is 1. The summed E-state index contributed by atoms with van der Waals surface area (Å²) in [6, 6.07) is 0. The van der Waals surface area contributed by atoms with Gasteiger partial charge in [-0.15, -0.1) is 0 Å². The Hall–Kier alpha value is -1.26. The van der Waals surface area contributed by atoms with E-state index < -0.39 is 5.54 Å². The van der Waals surface area contributed by atoms with E-state index in [1.165, 1.54) is 0 Å². The van der Waals surface area contributed by atoms with Gasteiger partial charge in [-0.2, -0.15) is 0 Å². The Bertz CT molecular complexity index is 300. The maximum atomic E-state index is 11.5. The zero-order valence-corrected chi connectivity index (χ0v) is 9.65. The largest absolute Gasteiger partial charge is 0.368 e. The minimum atomic E-state index is -0.545. The first-order valence-corrected chi connectivity index (χ1v) is 5.69. The molecule has 1 aliphatic rings.